The number of aliphatic hydroxyl groups excluding tert-OH is 1. The number of hydrogen-bond donors (Lipinski definition) is 1. The quantitative estimate of drug-likeness (QED) is 0.465. The normalized spacial score (nSPS) is 42.0. The highest BCUT2D eigenvalue weighted by molar-refractivity contribution is 5.11. The van der Waals surface area contributed by atoms with Crippen LogP contribution in [0.3, 0.4) is 0 Å². The van der Waals surface area contributed by atoms with Gasteiger partial charge in [-0.25, -0.2) is 0 Å². The first-order valence-corrected chi connectivity index (χ1v) is 3.10. The third kappa shape index (κ3) is 0.400. The molecule has 1 spiro atoms. The smallest absolute Gasteiger partial charge is 0.0629 e. The molecule has 1 aliphatic heterocycles. The van der Waals surface area contributed by atoms with Crippen LogP contribution >= 0.6 is 0 Å². The van der Waals surface area contributed by atoms with Gasteiger partial charge in [-0.15, -0.1) is 0 Å². The van der Waals surface area contributed by atoms with E-state index in [0.29, 0.717) is 5.41 Å². The van der Waals surface area contributed by atoms with Crippen molar-refractivity contribution >= 4 is 0 Å². The third-order valence-corrected chi connectivity index (χ3v) is 2.32. The zero-order valence-corrected chi connectivity index (χ0v) is 5.09. The van der Waals surface area contributed by atoms with Crippen molar-refractivity contribution in [2.24, 2.45) is 5.41 Å². The maximum atomic E-state index is 9.03. The average molecular weight is 113 g/mol. The fourth-order valence-electron chi connectivity index (χ4n) is 1.69. The van der Waals surface area contributed by atoms with Crippen molar-refractivity contribution in [3.05, 3.63) is 0 Å². The molecule has 2 aliphatic rings. The molecule has 1 N–H and O–H groups in total. The monoisotopic (exact) mass is 113 g/mol. The highest BCUT2D eigenvalue weighted by atomic mass is 16.3. The molecule has 8 heavy (non-hydrogen) atoms. The third-order valence-electron chi connectivity index (χ3n) is 2.32. The van der Waals surface area contributed by atoms with Gasteiger partial charge in [0.25, 0.3) is 0 Å². The lowest BCUT2D eigenvalue weighted by Gasteiger charge is -2.36. The summed E-state index contributed by atoms with van der Waals surface area (Å²) >= 11 is 0. The first kappa shape index (κ1) is 4.77. The Bertz CT molecular complexity index is 118. The standard InChI is InChI=1S/C6H11NO/c1-7-3-6(4-7)2-5(6)8/h5,8H,2-4H2,1H3. The van der Waals surface area contributed by atoms with Gasteiger partial charge in [0.05, 0.1) is 6.10 Å². The molecule has 46 valence electrons. The molecule has 2 heteroatoms. The van der Waals surface area contributed by atoms with Gasteiger partial charge in [-0.3, -0.25) is 0 Å². The Labute approximate surface area is 49.1 Å². The highest BCUT2D eigenvalue weighted by Gasteiger charge is 2.59. The maximum absolute atomic E-state index is 9.03. The van der Waals surface area contributed by atoms with Crippen molar-refractivity contribution < 1.29 is 5.11 Å². The average Bonchev–Trinajstić information content (AvgIpc) is 2.13. The number of rotatable bonds is 0. The van der Waals surface area contributed by atoms with Gasteiger partial charge in [0, 0.05) is 18.5 Å². The van der Waals surface area contributed by atoms with E-state index in [9.17, 15) is 0 Å². The van der Waals surface area contributed by atoms with Gasteiger partial charge in [-0.05, 0) is 13.5 Å². The summed E-state index contributed by atoms with van der Waals surface area (Å²) in [5.41, 5.74) is 0.384. The Hall–Kier alpha value is -0.0800. The zero-order chi connectivity index (χ0) is 5.78. The minimum absolute atomic E-state index is 0.0405. The lowest BCUT2D eigenvalue weighted by atomic mass is 9.98. The van der Waals surface area contributed by atoms with Gasteiger partial charge in [0.1, 0.15) is 0 Å². The van der Waals surface area contributed by atoms with Crippen LogP contribution in [-0.4, -0.2) is 36.2 Å². The number of likely N-dealkylation sites (tertiary alicyclic amines) is 1. The van der Waals surface area contributed by atoms with Crippen LogP contribution in [0.2, 0.25) is 0 Å². The molecule has 1 atom stereocenters. The predicted octanol–water partition coefficient (Wildman–Crippen LogP) is -0.317. The van der Waals surface area contributed by atoms with Gasteiger partial charge in [0.2, 0.25) is 0 Å². The summed E-state index contributed by atoms with van der Waals surface area (Å²) in [5.74, 6) is 0. The Morgan fingerprint density at radius 3 is 2.25 bits per heavy atom. The molecule has 1 heterocycles. The van der Waals surface area contributed by atoms with Crippen molar-refractivity contribution in [1.29, 1.82) is 0 Å². The first-order chi connectivity index (χ1) is 3.73. The van der Waals surface area contributed by atoms with Crippen LogP contribution in [0.15, 0.2) is 0 Å². The molecule has 1 saturated heterocycles. The molecule has 0 bridgehead atoms. The number of nitrogens with zero attached hydrogens (tertiary/aromatic N) is 1. The molecule has 1 saturated carbocycles. The van der Waals surface area contributed by atoms with E-state index >= 15 is 0 Å². The van der Waals surface area contributed by atoms with Crippen LogP contribution in [0.1, 0.15) is 6.42 Å². The molecule has 1 aliphatic carbocycles. The van der Waals surface area contributed by atoms with Gasteiger partial charge in [-0.2, -0.15) is 0 Å². The van der Waals surface area contributed by atoms with E-state index < -0.39 is 0 Å². The molecule has 0 aromatic carbocycles. The van der Waals surface area contributed by atoms with Crippen molar-refractivity contribution in [3.8, 4) is 0 Å². The van der Waals surface area contributed by atoms with Crippen molar-refractivity contribution in [1.82, 2.24) is 4.90 Å². The largest absolute Gasteiger partial charge is 0.392 e. The molecule has 2 fully saturated rings. The summed E-state index contributed by atoms with van der Waals surface area (Å²) in [7, 11) is 2.09. The second kappa shape index (κ2) is 1.09. The first-order valence-electron chi connectivity index (χ1n) is 3.10. The van der Waals surface area contributed by atoms with E-state index in [4.69, 9.17) is 5.11 Å². The second-order valence-corrected chi connectivity index (χ2v) is 3.25. The summed E-state index contributed by atoms with van der Waals surface area (Å²) in [6.45, 7) is 2.24. The van der Waals surface area contributed by atoms with E-state index in [-0.39, 0.29) is 6.10 Å². The second-order valence-electron chi connectivity index (χ2n) is 3.25. The van der Waals surface area contributed by atoms with Gasteiger partial charge >= 0.3 is 0 Å². The lowest BCUT2D eigenvalue weighted by Crippen LogP contribution is -2.47. The fourth-order valence-corrected chi connectivity index (χ4v) is 1.69. The van der Waals surface area contributed by atoms with E-state index in [1.54, 1.807) is 0 Å². The SMILES string of the molecule is CN1CC2(CC2O)C1. The molecule has 2 nitrogen and oxygen atoms in total. The molecule has 2 rings (SSSR count). The van der Waals surface area contributed by atoms with Crippen LogP contribution < -0.4 is 0 Å². The van der Waals surface area contributed by atoms with E-state index in [1.165, 1.54) is 0 Å². The van der Waals surface area contributed by atoms with Crippen LogP contribution in [0.25, 0.3) is 0 Å². The van der Waals surface area contributed by atoms with Crippen LogP contribution in [0.4, 0.5) is 0 Å². The molecular formula is C6H11NO. The number of hydrogen-bond acceptors (Lipinski definition) is 2. The predicted molar refractivity (Wildman–Crippen MR) is 30.6 cm³/mol. The number of aliphatic hydroxyl groups is 1. The minimum Gasteiger partial charge on any atom is -0.392 e. The van der Waals surface area contributed by atoms with Gasteiger partial charge in [0.15, 0.2) is 0 Å². The summed E-state index contributed by atoms with van der Waals surface area (Å²) in [5, 5.41) is 9.03. The van der Waals surface area contributed by atoms with E-state index in [1.807, 2.05) is 0 Å². The molecule has 0 aromatic heterocycles. The summed E-state index contributed by atoms with van der Waals surface area (Å²) in [6.07, 6.45) is 1.09. The van der Waals surface area contributed by atoms with Gasteiger partial charge in [-0.1, -0.05) is 0 Å². The molecule has 1 unspecified atom stereocenters. The zero-order valence-electron chi connectivity index (χ0n) is 5.09. The highest BCUT2D eigenvalue weighted by Crippen LogP contribution is 2.52. The molecule has 0 radical (unpaired) electrons. The summed E-state index contributed by atoms with van der Waals surface area (Å²) in [4.78, 5) is 2.25. The summed E-state index contributed by atoms with van der Waals surface area (Å²) in [6, 6.07) is 0. The van der Waals surface area contributed by atoms with E-state index in [0.717, 1.165) is 19.5 Å². The van der Waals surface area contributed by atoms with Crippen molar-refractivity contribution in [2.75, 3.05) is 20.1 Å². The Balaban J connectivity index is 1.96. The van der Waals surface area contributed by atoms with Crippen LogP contribution in [0.5, 0.6) is 0 Å². The molecular weight excluding hydrogens is 102 g/mol. The van der Waals surface area contributed by atoms with Crippen molar-refractivity contribution in [2.45, 2.75) is 12.5 Å². The lowest BCUT2D eigenvalue weighted by molar-refractivity contribution is 0.0664. The van der Waals surface area contributed by atoms with Gasteiger partial charge < -0.3 is 10.0 Å². The van der Waals surface area contributed by atoms with Crippen LogP contribution in [-0.2, 0) is 0 Å². The Morgan fingerprint density at radius 1 is 1.62 bits per heavy atom. The molecule has 0 aromatic rings. The van der Waals surface area contributed by atoms with Crippen molar-refractivity contribution in [3.63, 3.8) is 0 Å². The minimum atomic E-state index is 0.0405. The fraction of sp³-hybridized carbons (Fsp3) is 1.00. The van der Waals surface area contributed by atoms with Crippen LogP contribution in [0, 0.1) is 5.41 Å². The topological polar surface area (TPSA) is 23.5 Å². The van der Waals surface area contributed by atoms with E-state index in [2.05, 4.69) is 11.9 Å². The molecule has 0 amide bonds. The summed E-state index contributed by atoms with van der Waals surface area (Å²) < 4.78 is 0. The maximum Gasteiger partial charge on any atom is 0.0629 e. The Morgan fingerprint density at radius 2 is 2.12 bits per heavy atom. The Kier molecular flexibility index (Phi) is 0.649.